The second-order valence-electron chi connectivity index (χ2n) is 4.36. The summed E-state index contributed by atoms with van der Waals surface area (Å²) in [4.78, 5) is 22.7. The summed E-state index contributed by atoms with van der Waals surface area (Å²) in [5, 5.41) is 6.59. The van der Waals surface area contributed by atoms with Crippen LogP contribution in [0.4, 0.5) is 0 Å². The zero-order chi connectivity index (χ0) is 14.3. The van der Waals surface area contributed by atoms with Crippen LogP contribution in [0.2, 0.25) is 0 Å². The van der Waals surface area contributed by atoms with Crippen LogP contribution < -0.4 is 5.32 Å². The van der Waals surface area contributed by atoms with Gasteiger partial charge in [-0.05, 0) is 19.9 Å². The van der Waals surface area contributed by atoms with Crippen molar-refractivity contribution < 1.29 is 14.3 Å². The monoisotopic (exact) mass is 265 g/mol. The highest BCUT2D eigenvalue weighted by atomic mass is 16.5. The number of amides is 1. The first-order valence-corrected chi connectivity index (χ1v) is 6.11. The number of nitrogens with one attached hydrogen (secondary N) is 1. The molecule has 0 saturated carbocycles. The van der Waals surface area contributed by atoms with Crippen LogP contribution in [0, 0.1) is 0 Å². The number of esters is 1. The lowest BCUT2D eigenvalue weighted by Crippen LogP contribution is -2.25. The fourth-order valence-corrected chi connectivity index (χ4v) is 1.37. The Bertz CT molecular complexity index is 463. The smallest absolute Gasteiger partial charge is 0.307 e. The first-order valence-electron chi connectivity index (χ1n) is 6.11. The Morgan fingerprint density at radius 2 is 2.26 bits per heavy atom. The molecule has 0 aromatic carbocycles. The third kappa shape index (κ3) is 6.40. The molecule has 19 heavy (non-hydrogen) atoms. The van der Waals surface area contributed by atoms with Crippen molar-refractivity contribution in [3.63, 3.8) is 0 Å². The number of hydrogen-bond acceptors (Lipinski definition) is 4. The molecule has 1 heterocycles. The van der Waals surface area contributed by atoms with Crippen LogP contribution in [0.3, 0.4) is 0 Å². The predicted molar refractivity (Wildman–Crippen MR) is 71.1 cm³/mol. The van der Waals surface area contributed by atoms with Crippen LogP contribution in [-0.4, -0.2) is 34.3 Å². The van der Waals surface area contributed by atoms with Gasteiger partial charge in [-0.2, -0.15) is 5.10 Å². The Labute approximate surface area is 112 Å². The Morgan fingerprint density at radius 3 is 2.84 bits per heavy atom. The molecular formula is C13H19N3O3. The minimum absolute atomic E-state index is 0.131. The van der Waals surface area contributed by atoms with Gasteiger partial charge in [0.1, 0.15) is 0 Å². The van der Waals surface area contributed by atoms with Crippen LogP contribution in [0.1, 0.15) is 25.8 Å². The summed E-state index contributed by atoms with van der Waals surface area (Å²) in [5.41, 5.74) is 0.844. The molecule has 6 nitrogen and oxygen atoms in total. The van der Waals surface area contributed by atoms with Crippen LogP contribution >= 0.6 is 0 Å². The average Bonchev–Trinajstić information content (AvgIpc) is 2.71. The van der Waals surface area contributed by atoms with Crippen molar-refractivity contribution in [2.45, 2.75) is 26.4 Å². The second kappa shape index (κ2) is 7.35. The van der Waals surface area contributed by atoms with Gasteiger partial charge in [-0.1, -0.05) is 0 Å². The van der Waals surface area contributed by atoms with E-state index in [2.05, 4.69) is 10.4 Å². The Morgan fingerprint density at radius 1 is 1.53 bits per heavy atom. The predicted octanol–water partition coefficient (Wildman–Crippen LogP) is 0.891. The Balaban J connectivity index is 2.25. The Hall–Kier alpha value is -2.11. The lowest BCUT2D eigenvalue weighted by Gasteiger charge is -2.07. The van der Waals surface area contributed by atoms with Crippen LogP contribution in [0.5, 0.6) is 0 Å². The molecule has 0 fully saturated rings. The molecule has 1 aromatic heterocycles. The number of carbonyl (C=O) groups is 2. The van der Waals surface area contributed by atoms with E-state index < -0.39 is 0 Å². The topological polar surface area (TPSA) is 73.2 Å². The summed E-state index contributed by atoms with van der Waals surface area (Å²) in [6.07, 6.45) is 6.56. The molecule has 6 heteroatoms. The summed E-state index contributed by atoms with van der Waals surface area (Å²) >= 11 is 0. The third-order valence-corrected chi connectivity index (χ3v) is 2.15. The van der Waals surface area contributed by atoms with Gasteiger partial charge in [-0.3, -0.25) is 14.3 Å². The molecule has 1 rings (SSSR count). The van der Waals surface area contributed by atoms with E-state index in [1.165, 1.54) is 6.08 Å². The van der Waals surface area contributed by atoms with Gasteiger partial charge in [-0.25, -0.2) is 0 Å². The molecule has 0 bridgehead atoms. The second-order valence-corrected chi connectivity index (χ2v) is 4.36. The first-order chi connectivity index (χ1) is 8.97. The first kappa shape index (κ1) is 14.9. The molecule has 1 amide bonds. The minimum atomic E-state index is -0.313. The summed E-state index contributed by atoms with van der Waals surface area (Å²) < 4.78 is 6.60. The number of nitrogens with zero attached hydrogens (tertiary/aromatic N) is 2. The van der Waals surface area contributed by atoms with E-state index in [1.807, 2.05) is 0 Å². The Kier molecular flexibility index (Phi) is 5.78. The van der Waals surface area contributed by atoms with Gasteiger partial charge in [0.25, 0.3) is 0 Å². The van der Waals surface area contributed by atoms with Crippen molar-refractivity contribution in [3.8, 4) is 0 Å². The quantitative estimate of drug-likeness (QED) is 0.612. The van der Waals surface area contributed by atoms with Gasteiger partial charge >= 0.3 is 5.97 Å². The summed E-state index contributed by atoms with van der Waals surface area (Å²) in [6, 6.07) is 0. The van der Waals surface area contributed by atoms with Gasteiger partial charge < -0.3 is 10.1 Å². The van der Waals surface area contributed by atoms with E-state index in [0.717, 1.165) is 5.56 Å². The molecule has 0 aliphatic carbocycles. The standard InChI is InChI=1S/C13H19N3O3/c1-10(2)19-13(18)6-7-14-12(17)5-4-11-8-15-16(3)9-11/h4-5,8-10H,6-7H2,1-3H3,(H,14,17)/b5-4+. The SMILES string of the molecule is CC(C)OC(=O)CCNC(=O)/C=C/c1cnn(C)c1. The van der Waals surface area contributed by atoms with Gasteiger partial charge in [-0.15, -0.1) is 0 Å². The van der Waals surface area contributed by atoms with E-state index in [1.54, 1.807) is 44.0 Å². The summed E-state index contributed by atoms with van der Waals surface area (Å²) in [6.45, 7) is 3.84. The highest BCUT2D eigenvalue weighted by Crippen LogP contribution is 1.98. The van der Waals surface area contributed by atoms with Crippen LogP contribution in [0.25, 0.3) is 6.08 Å². The third-order valence-electron chi connectivity index (χ3n) is 2.15. The summed E-state index contributed by atoms with van der Waals surface area (Å²) in [5.74, 6) is -0.562. The fraction of sp³-hybridized carbons (Fsp3) is 0.462. The highest BCUT2D eigenvalue weighted by Gasteiger charge is 2.05. The maximum Gasteiger partial charge on any atom is 0.307 e. The molecule has 1 aromatic rings. The maximum absolute atomic E-state index is 11.4. The molecule has 0 spiro atoms. The molecule has 1 N–H and O–H groups in total. The number of aromatic nitrogens is 2. The molecule has 104 valence electrons. The maximum atomic E-state index is 11.4. The van der Waals surface area contributed by atoms with E-state index in [4.69, 9.17) is 4.74 Å². The fourth-order valence-electron chi connectivity index (χ4n) is 1.37. The van der Waals surface area contributed by atoms with Crippen molar-refractivity contribution in [1.29, 1.82) is 0 Å². The van der Waals surface area contributed by atoms with Crippen molar-refractivity contribution in [2.75, 3.05) is 6.54 Å². The van der Waals surface area contributed by atoms with Gasteiger partial charge in [0.2, 0.25) is 5.91 Å². The number of rotatable bonds is 6. The lowest BCUT2D eigenvalue weighted by atomic mass is 10.3. The largest absolute Gasteiger partial charge is 0.463 e. The number of ether oxygens (including phenoxy) is 1. The molecule has 0 aliphatic heterocycles. The molecular weight excluding hydrogens is 246 g/mol. The zero-order valence-electron chi connectivity index (χ0n) is 11.4. The molecule has 0 unspecified atom stereocenters. The number of aryl methyl sites for hydroxylation is 1. The van der Waals surface area contributed by atoms with Gasteiger partial charge in [0.15, 0.2) is 0 Å². The van der Waals surface area contributed by atoms with Gasteiger partial charge in [0, 0.05) is 31.4 Å². The van der Waals surface area contributed by atoms with E-state index >= 15 is 0 Å². The molecule has 0 atom stereocenters. The lowest BCUT2D eigenvalue weighted by molar-refractivity contribution is -0.147. The number of carbonyl (C=O) groups excluding carboxylic acids is 2. The van der Waals surface area contributed by atoms with Crippen molar-refractivity contribution in [2.24, 2.45) is 7.05 Å². The normalized spacial score (nSPS) is 10.9. The van der Waals surface area contributed by atoms with Crippen LogP contribution in [0.15, 0.2) is 18.5 Å². The van der Waals surface area contributed by atoms with Crippen LogP contribution in [-0.2, 0) is 21.4 Å². The average molecular weight is 265 g/mol. The minimum Gasteiger partial charge on any atom is -0.463 e. The zero-order valence-corrected chi connectivity index (χ0v) is 11.4. The van der Waals surface area contributed by atoms with E-state index in [-0.39, 0.29) is 30.9 Å². The summed E-state index contributed by atoms with van der Waals surface area (Å²) in [7, 11) is 1.80. The molecule has 0 aliphatic rings. The van der Waals surface area contributed by atoms with Crippen molar-refractivity contribution >= 4 is 18.0 Å². The van der Waals surface area contributed by atoms with Crippen molar-refractivity contribution in [3.05, 3.63) is 24.0 Å². The molecule has 0 saturated heterocycles. The highest BCUT2D eigenvalue weighted by molar-refractivity contribution is 5.91. The number of hydrogen-bond donors (Lipinski definition) is 1. The van der Waals surface area contributed by atoms with Gasteiger partial charge in [0.05, 0.1) is 18.7 Å². The van der Waals surface area contributed by atoms with Crippen molar-refractivity contribution in [1.82, 2.24) is 15.1 Å². The molecule has 0 radical (unpaired) electrons. The van der Waals surface area contributed by atoms with E-state index in [9.17, 15) is 9.59 Å². The van der Waals surface area contributed by atoms with E-state index in [0.29, 0.717) is 0 Å².